The van der Waals surface area contributed by atoms with Gasteiger partial charge in [-0.2, -0.15) is 0 Å². The van der Waals surface area contributed by atoms with Crippen LogP contribution in [0.3, 0.4) is 0 Å². The van der Waals surface area contributed by atoms with Gasteiger partial charge in [0, 0.05) is 11.6 Å². The Morgan fingerprint density at radius 3 is 2.60 bits per heavy atom. The van der Waals surface area contributed by atoms with Gasteiger partial charge in [-0.15, -0.1) is 0 Å². The molecule has 1 aromatic carbocycles. The molecule has 0 amide bonds. The Hall–Kier alpha value is -2.30. The number of guanidine groups is 1. The van der Waals surface area contributed by atoms with Crippen molar-refractivity contribution >= 4 is 23.7 Å². The zero-order valence-electron chi connectivity index (χ0n) is 7.92. The first-order valence-electron chi connectivity index (χ1n) is 4.19. The van der Waals surface area contributed by atoms with Crippen molar-refractivity contribution in [2.45, 2.75) is 0 Å². The predicted octanol–water partition coefficient (Wildman–Crippen LogP) is 0.689. The Morgan fingerprint density at radius 2 is 2.00 bits per heavy atom. The van der Waals surface area contributed by atoms with Crippen LogP contribution in [0.1, 0.15) is 5.56 Å². The van der Waals surface area contributed by atoms with E-state index in [1.807, 2.05) is 0 Å². The Labute approximate surface area is 86.7 Å². The fourth-order valence-electron chi connectivity index (χ4n) is 1.03. The molecule has 0 spiro atoms. The average Bonchev–Trinajstić information content (AvgIpc) is 2.15. The SMILES string of the molecule is NC(N)=Nc1ccccc1/C=C/C(=O)O. The van der Waals surface area contributed by atoms with Gasteiger partial charge < -0.3 is 16.6 Å². The molecule has 0 fully saturated rings. The number of nitrogens with zero attached hydrogens (tertiary/aromatic N) is 1. The van der Waals surface area contributed by atoms with Gasteiger partial charge >= 0.3 is 5.97 Å². The minimum atomic E-state index is -1.02. The molecule has 0 aliphatic rings. The molecular formula is C10H11N3O2. The van der Waals surface area contributed by atoms with E-state index in [9.17, 15) is 4.79 Å². The number of hydrogen-bond acceptors (Lipinski definition) is 2. The van der Waals surface area contributed by atoms with Gasteiger partial charge in [-0.3, -0.25) is 0 Å². The summed E-state index contributed by atoms with van der Waals surface area (Å²) in [4.78, 5) is 14.2. The summed E-state index contributed by atoms with van der Waals surface area (Å²) < 4.78 is 0. The quantitative estimate of drug-likeness (QED) is 0.383. The lowest BCUT2D eigenvalue weighted by molar-refractivity contribution is -0.131. The van der Waals surface area contributed by atoms with Crippen LogP contribution < -0.4 is 11.5 Å². The summed E-state index contributed by atoms with van der Waals surface area (Å²) in [5, 5.41) is 8.48. The number of benzene rings is 1. The number of nitrogens with two attached hydrogens (primary N) is 2. The van der Waals surface area contributed by atoms with Crippen molar-refractivity contribution in [3.05, 3.63) is 35.9 Å². The molecule has 1 rings (SSSR count). The summed E-state index contributed by atoms with van der Waals surface area (Å²) >= 11 is 0. The number of aliphatic carboxylic acids is 1. The van der Waals surface area contributed by atoms with Crippen LogP contribution in [-0.4, -0.2) is 17.0 Å². The fraction of sp³-hybridized carbons (Fsp3) is 0. The monoisotopic (exact) mass is 205 g/mol. The summed E-state index contributed by atoms with van der Waals surface area (Å²) in [5.74, 6) is -1.08. The van der Waals surface area contributed by atoms with Gasteiger partial charge in [0.1, 0.15) is 0 Å². The Morgan fingerprint density at radius 1 is 1.33 bits per heavy atom. The molecule has 0 saturated heterocycles. The van der Waals surface area contributed by atoms with Gasteiger partial charge in [0.2, 0.25) is 0 Å². The molecule has 0 aliphatic heterocycles. The van der Waals surface area contributed by atoms with Crippen molar-refractivity contribution in [3.63, 3.8) is 0 Å². The van der Waals surface area contributed by atoms with Gasteiger partial charge in [0.25, 0.3) is 0 Å². The highest BCUT2D eigenvalue weighted by Crippen LogP contribution is 2.19. The maximum Gasteiger partial charge on any atom is 0.328 e. The van der Waals surface area contributed by atoms with Crippen LogP contribution in [0.5, 0.6) is 0 Å². The first-order valence-corrected chi connectivity index (χ1v) is 4.19. The van der Waals surface area contributed by atoms with Crippen LogP contribution in [0.4, 0.5) is 5.69 Å². The van der Waals surface area contributed by atoms with Gasteiger partial charge in [-0.1, -0.05) is 18.2 Å². The number of para-hydroxylation sites is 1. The standard InChI is InChI=1S/C10H11N3O2/c11-10(12)13-8-4-2-1-3-7(8)5-6-9(14)15/h1-6H,(H,14,15)(H4,11,12,13)/b6-5+. The maximum absolute atomic E-state index is 10.3. The predicted molar refractivity (Wildman–Crippen MR) is 58.6 cm³/mol. The third-order valence-electron chi connectivity index (χ3n) is 1.59. The third-order valence-corrected chi connectivity index (χ3v) is 1.59. The highest BCUT2D eigenvalue weighted by atomic mass is 16.4. The second kappa shape index (κ2) is 4.80. The Bertz CT molecular complexity index is 420. The lowest BCUT2D eigenvalue weighted by Gasteiger charge is -1.99. The van der Waals surface area contributed by atoms with Crippen molar-refractivity contribution in [1.82, 2.24) is 0 Å². The van der Waals surface area contributed by atoms with Crippen LogP contribution in [0.15, 0.2) is 35.3 Å². The number of carboxylic acids is 1. The minimum absolute atomic E-state index is 0.0637. The normalized spacial score (nSPS) is 10.1. The molecule has 5 N–H and O–H groups in total. The zero-order valence-corrected chi connectivity index (χ0v) is 7.92. The number of aliphatic imine (C=N–C) groups is 1. The van der Waals surface area contributed by atoms with E-state index in [4.69, 9.17) is 16.6 Å². The van der Waals surface area contributed by atoms with Gasteiger partial charge in [0.05, 0.1) is 5.69 Å². The first kappa shape index (κ1) is 10.8. The fourth-order valence-corrected chi connectivity index (χ4v) is 1.03. The molecule has 5 nitrogen and oxygen atoms in total. The maximum atomic E-state index is 10.3. The molecule has 0 aromatic heterocycles. The van der Waals surface area contributed by atoms with E-state index in [-0.39, 0.29) is 5.96 Å². The zero-order chi connectivity index (χ0) is 11.3. The summed E-state index contributed by atoms with van der Waals surface area (Å²) in [6.45, 7) is 0. The van der Waals surface area contributed by atoms with Gasteiger partial charge in [-0.05, 0) is 12.1 Å². The number of carbonyl (C=O) groups is 1. The highest BCUT2D eigenvalue weighted by Gasteiger charge is 1.97. The van der Waals surface area contributed by atoms with E-state index in [2.05, 4.69) is 4.99 Å². The molecule has 0 heterocycles. The number of rotatable bonds is 3. The molecule has 0 unspecified atom stereocenters. The van der Waals surface area contributed by atoms with E-state index >= 15 is 0 Å². The smallest absolute Gasteiger partial charge is 0.328 e. The molecular weight excluding hydrogens is 194 g/mol. The summed E-state index contributed by atoms with van der Waals surface area (Å²) in [5.41, 5.74) is 11.7. The highest BCUT2D eigenvalue weighted by molar-refractivity contribution is 5.87. The van der Waals surface area contributed by atoms with Gasteiger partial charge in [-0.25, -0.2) is 9.79 Å². The molecule has 78 valence electrons. The third kappa shape index (κ3) is 3.51. The van der Waals surface area contributed by atoms with Crippen LogP contribution in [-0.2, 0) is 4.79 Å². The molecule has 15 heavy (non-hydrogen) atoms. The van der Waals surface area contributed by atoms with Crippen LogP contribution >= 0.6 is 0 Å². The van der Waals surface area contributed by atoms with Gasteiger partial charge in [0.15, 0.2) is 5.96 Å². The topological polar surface area (TPSA) is 102 Å². The van der Waals surface area contributed by atoms with Crippen molar-refractivity contribution in [2.24, 2.45) is 16.5 Å². The molecule has 5 heteroatoms. The van der Waals surface area contributed by atoms with E-state index < -0.39 is 5.97 Å². The second-order valence-corrected chi connectivity index (χ2v) is 2.77. The summed E-state index contributed by atoms with van der Waals surface area (Å²) in [6.07, 6.45) is 2.46. The molecule has 0 bridgehead atoms. The van der Waals surface area contributed by atoms with Crippen LogP contribution in [0, 0.1) is 0 Å². The molecule has 0 saturated carbocycles. The van der Waals surface area contributed by atoms with Crippen LogP contribution in [0.2, 0.25) is 0 Å². The van der Waals surface area contributed by atoms with Crippen molar-refractivity contribution in [2.75, 3.05) is 0 Å². The molecule has 0 radical (unpaired) electrons. The Kier molecular flexibility index (Phi) is 3.45. The summed E-state index contributed by atoms with van der Waals surface area (Å²) in [7, 11) is 0. The minimum Gasteiger partial charge on any atom is -0.478 e. The van der Waals surface area contributed by atoms with E-state index in [1.165, 1.54) is 6.08 Å². The number of carboxylic acid groups (broad SMARTS) is 1. The van der Waals surface area contributed by atoms with Crippen molar-refractivity contribution < 1.29 is 9.90 Å². The first-order chi connectivity index (χ1) is 7.09. The molecule has 1 aromatic rings. The molecule has 0 atom stereocenters. The van der Waals surface area contributed by atoms with Crippen molar-refractivity contribution in [1.29, 1.82) is 0 Å². The second-order valence-electron chi connectivity index (χ2n) is 2.77. The lowest BCUT2D eigenvalue weighted by Crippen LogP contribution is -2.21. The van der Waals surface area contributed by atoms with Crippen LogP contribution in [0.25, 0.3) is 6.08 Å². The van der Waals surface area contributed by atoms with E-state index in [0.29, 0.717) is 11.3 Å². The lowest BCUT2D eigenvalue weighted by atomic mass is 10.1. The average molecular weight is 205 g/mol. The Balaban J connectivity index is 3.07. The van der Waals surface area contributed by atoms with E-state index in [1.54, 1.807) is 24.3 Å². The van der Waals surface area contributed by atoms with E-state index in [0.717, 1.165) is 6.08 Å². The largest absolute Gasteiger partial charge is 0.478 e. The molecule has 0 aliphatic carbocycles. The summed E-state index contributed by atoms with van der Waals surface area (Å²) in [6, 6.07) is 6.95. The number of hydrogen-bond donors (Lipinski definition) is 3. The van der Waals surface area contributed by atoms with Crippen molar-refractivity contribution in [3.8, 4) is 0 Å².